The molecule has 106 valence electrons. The molecule has 0 atom stereocenters. The lowest BCUT2D eigenvalue weighted by atomic mass is 10.2. The summed E-state index contributed by atoms with van der Waals surface area (Å²) >= 11 is 5.86. The summed E-state index contributed by atoms with van der Waals surface area (Å²) in [6.45, 7) is 2.55. The van der Waals surface area contributed by atoms with Gasteiger partial charge in [-0.25, -0.2) is 0 Å². The van der Waals surface area contributed by atoms with Crippen LogP contribution in [0.15, 0.2) is 53.1 Å². The van der Waals surface area contributed by atoms with Crippen molar-refractivity contribution in [2.24, 2.45) is 0 Å². The van der Waals surface area contributed by atoms with Gasteiger partial charge in [0.2, 0.25) is 11.7 Å². The number of rotatable bonds is 4. The number of aryl methyl sites for hydroxylation is 1. The highest BCUT2D eigenvalue weighted by Crippen LogP contribution is 2.19. The molecule has 3 rings (SSSR count). The van der Waals surface area contributed by atoms with Crippen LogP contribution in [0, 0.1) is 6.92 Å². The van der Waals surface area contributed by atoms with Gasteiger partial charge in [0, 0.05) is 16.3 Å². The minimum atomic E-state index is 0.490. The largest absolute Gasteiger partial charge is 0.376 e. The van der Waals surface area contributed by atoms with Crippen LogP contribution in [0.2, 0.25) is 5.02 Å². The number of aromatic nitrogens is 2. The molecular weight excluding hydrogens is 286 g/mol. The van der Waals surface area contributed by atoms with Crippen LogP contribution in [-0.2, 0) is 6.54 Å². The Morgan fingerprint density at radius 1 is 1.05 bits per heavy atom. The standard InChI is InChI=1S/C16H14ClN3O/c1-11-2-8-14(9-3-11)18-10-15-19-16(20-21-15)12-4-6-13(17)7-5-12/h2-9,18H,10H2,1H3. The number of nitrogens with one attached hydrogen (secondary N) is 1. The normalized spacial score (nSPS) is 10.6. The lowest BCUT2D eigenvalue weighted by Gasteiger charge is -2.02. The third kappa shape index (κ3) is 3.41. The number of halogens is 1. The van der Waals surface area contributed by atoms with Crippen molar-refractivity contribution in [2.45, 2.75) is 13.5 Å². The lowest BCUT2D eigenvalue weighted by molar-refractivity contribution is 0.384. The zero-order chi connectivity index (χ0) is 14.7. The smallest absolute Gasteiger partial charge is 0.246 e. The molecule has 0 amide bonds. The van der Waals surface area contributed by atoms with Gasteiger partial charge in [-0.3, -0.25) is 0 Å². The summed E-state index contributed by atoms with van der Waals surface area (Å²) in [4.78, 5) is 4.36. The van der Waals surface area contributed by atoms with Crippen molar-refractivity contribution in [1.82, 2.24) is 10.1 Å². The van der Waals surface area contributed by atoms with Crippen molar-refractivity contribution < 1.29 is 4.52 Å². The van der Waals surface area contributed by atoms with Crippen molar-refractivity contribution in [2.75, 3.05) is 5.32 Å². The number of hydrogen-bond acceptors (Lipinski definition) is 4. The fourth-order valence-corrected chi connectivity index (χ4v) is 2.02. The molecule has 1 N–H and O–H groups in total. The van der Waals surface area contributed by atoms with Gasteiger partial charge in [0.05, 0.1) is 6.54 Å². The van der Waals surface area contributed by atoms with E-state index in [0.29, 0.717) is 23.3 Å². The lowest BCUT2D eigenvalue weighted by Crippen LogP contribution is -1.99. The molecule has 0 spiro atoms. The molecule has 0 bridgehead atoms. The van der Waals surface area contributed by atoms with E-state index in [9.17, 15) is 0 Å². The number of anilines is 1. The first-order valence-corrected chi connectivity index (χ1v) is 6.97. The van der Waals surface area contributed by atoms with Gasteiger partial charge in [-0.15, -0.1) is 0 Å². The fourth-order valence-electron chi connectivity index (χ4n) is 1.89. The molecule has 0 saturated carbocycles. The summed E-state index contributed by atoms with van der Waals surface area (Å²) in [5.41, 5.74) is 3.12. The van der Waals surface area contributed by atoms with Crippen LogP contribution in [0.3, 0.4) is 0 Å². The second-order valence-corrected chi connectivity index (χ2v) is 5.17. The van der Waals surface area contributed by atoms with Crippen molar-refractivity contribution >= 4 is 17.3 Å². The number of nitrogens with zero attached hydrogens (tertiary/aromatic N) is 2. The number of benzene rings is 2. The second-order valence-electron chi connectivity index (χ2n) is 4.74. The van der Waals surface area contributed by atoms with Crippen LogP contribution in [0.4, 0.5) is 5.69 Å². The van der Waals surface area contributed by atoms with Crippen LogP contribution in [0.1, 0.15) is 11.5 Å². The summed E-state index contributed by atoms with van der Waals surface area (Å²) in [6, 6.07) is 15.5. The third-order valence-corrected chi connectivity index (χ3v) is 3.32. The predicted octanol–water partition coefficient (Wildman–Crippen LogP) is 4.31. The molecule has 0 unspecified atom stereocenters. The van der Waals surface area contributed by atoms with E-state index in [4.69, 9.17) is 16.1 Å². The highest BCUT2D eigenvalue weighted by atomic mass is 35.5. The zero-order valence-corrected chi connectivity index (χ0v) is 12.3. The zero-order valence-electron chi connectivity index (χ0n) is 11.5. The molecule has 0 aliphatic rings. The molecule has 2 aromatic carbocycles. The first kappa shape index (κ1) is 13.6. The van der Waals surface area contributed by atoms with E-state index >= 15 is 0 Å². The van der Waals surface area contributed by atoms with Crippen LogP contribution < -0.4 is 5.32 Å². The highest BCUT2D eigenvalue weighted by molar-refractivity contribution is 6.30. The van der Waals surface area contributed by atoms with Gasteiger partial charge >= 0.3 is 0 Å². The average Bonchev–Trinajstić information content (AvgIpc) is 2.96. The van der Waals surface area contributed by atoms with E-state index in [1.165, 1.54) is 5.56 Å². The summed E-state index contributed by atoms with van der Waals surface area (Å²) in [6.07, 6.45) is 0. The van der Waals surface area contributed by atoms with Gasteiger partial charge in [0.15, 0.2) is 0 Å². The van der Waals surface area contributed by atoms with Gasteiger partial charge in [-0.05, 0) is 43.3 Å². The van der Waals surface area contributed by atoms with Crippen molar-refractivity contribution in [3.63, 3.8) is 0 Å². The van der Waals surface area contributed by atoms with Crippen LogP contribution in [0.5, 0.6) is 0 Å². The third-order valence-electron chi connectivity index (χ3n) is 3.07. The Morgan fingerprint density at radius 3 is 2.48 bits per heavy atom. The Bertz CT molecular complexity index is 720. The maximum absolute atomic E-state index is 5.86. The monoisotopic (exact) mass is 299 g/mol. The van der Waals surface area contributed by atoms with E-state index in [2.05, 4.69) is 34.5 Å². The van der Waals surface area contributed by atoms with Gasteiger partial charge in [-0.1, -0.05) is 34.5 Å². The van der Waals surface area contributed by atoms with Gasteiger partial charge in [-0.2, -0.15) is 4.98 Å². The van der Waals surface area contributed by atoms with Crippen molar-refractivity contribution in [3.8, 4) is 11.4 Å². The first-order valence-electron chi connectivity index (χ1n) is 6.60. The molecule has 21 heavy (non-hydrogen) atoms. The summed E-state index contributed by atoms with van der Waals surface area (Å²) < 4.78 is 5.24. The summed E-state index contributed by atoms with van der Waals surface area (Å²) in [5, 5.41) is 7.90. The topological polar surface area (TPSA) is 51.0 Å². The molecule has 3 aromatic rings. The van der Waals surface area contributed by atoms with Crippen LogP contribution >= 0.6 is 11.6 Å². The molecule has 0 fully saturated rings. The van der Waals surface area contributed by atoms with Crippen LogP contribution in [-0.4, -0.2) is 10.1 Å². The number of hydrogen-bond donors (Lipinski definition) is 1. The van der Waals surface area contributed by atoms with Crippen molar-refractivity contribution in [1.29, 1.82) is 0 Å². The Balaban J connectivity index is 1.67. The Labute approximate surface area is 127 Å². The molecular formula is C16H14ClN3O. The van der Waals surface area contributed by atoms with E-state index < -0.39 is 0 Å². The van der Waals surface area contributed by atoms with Crippen molar-refractivity contribution in [3.05, 3.63) is 65.0 Å². The Morgan fingerprint density at radius 2 is 1.76 bits per heavy atom. The Hall–Kier alpha value is -2.33. The highest BCUT2D eigenvalue weighted by Gasteiger charge is 2.08. The summed E-state index contributed by atoms with van der Waals surface area (Å²) in [7, 11) is 0. The minimum Gasteiger partial charge on any atom is -0.376 e. The van der Waals surface area contributed by atoms with E-state index in [1.807, 2.05) is 24.3 Å². The molecule has 1 heterocycles. The molecule has 5 heteroatoms. The molecule has 0 aliphatic heterocycles. The fraction of sp³-hybridized carbons (Fsp3) is 0.125. The second kappa shape index (κ2) is 5.97. The molecule has 0 aliphatic carbocycles. The maximum atomic E-state index is 5.86. The quantitative estimate of drug-likeness (QED) is 0.780. The van der Waals surface area contributed by atoms with Gasteiger partial charge in [0.25, 0.3) is 0 Å². The van der Waals surface area contributed by atoms with E-state index in [-0.39, 0.29) is 0 Å². The maximum Gasteiger partial charge on any atom is 0.246 e. The van der Waals surface area contributed by atoms with Crippen LogP contribution in [0.25, 0.3) is 11.4 Å². The molecule has 1 aromatic heterocycles. The first-order chi connectivity index (χ1) is 10.2. The molecule has 4 nitrogen and oxygen atoms in total. The minimum absolute atomic E-state index is 0.490. The Kier molecular flexibility index (Phi) is 3.88. The molecule has 0 radical (unpaired) electrons. The summed E-state index contributed by atoms with van der Waals surface area (Å²) in [5.74, 6) is 1.10. The molecule has 0 saturated heterocycles. The van der Waals surface area contributed by atoms with Gasteiger partial charge in [0.1, 0.15) is 0 Å². The predicted molar refractivity (Wildman–Crippen MR) is 83.2 cm³/mol. The van der Waals surface area contributed by atoms with E-state index in [0.717, 1.165) is 11.3 Å². The van der Waals surface area contributed by atoms with Gasteiger partial charge < -0.3 is 9.84 Å². The average molecular weight is 300 g/mol. The SMILES string of the molecule is Cc1ccc(NCc2nc(-c3ccc(Cl)cc3)no2)cc1. The van der Waals surface area contributed by atoms with E-state index in [1.54, 1.807) is 12.1 Å².